The summed E-state index contributed by atoms with van der Waals surface area (Å²) in [6.45, 7) is 1.97. The van der Waals surface area contributed by atoms with Gasteiger partial charge < -0.3 is 16.0 Å². The maximum Gasteiger partial charge on any atom is 0.223 e. The molecule has 0 atom stereocenters. The van der Waals surface area contributed by atoms with Crippen LogP contribution in [0.15, 0.2) is 24.5 Å². The van der Waals surface area contributed by atoms with Crippen molar-refractivity contribution in [3.63, 3.8) is 0 Å². The van der Waals surface area contributed by atoms with Gasteiger partial charge in [0.1, 0.15) is 11.6 Å². The van der Waals surface area contributed by atoms with Gasteiger partial charge in [-0.3, -0.25) is 4.79 Å². The number of amides is 1. The Hall–Kier alpha value is -2.57. The van der Waals surface area contributed by atoms with Crippen LogP contribution in [0, 0.1) is 5.92 Å². The number of aryl methyl sites for hydroxylation is 1. The predicted octanol–water partition coefficient (Wildman–Crippen LogP) is 3.40. The van der Waals surface area contributed by atoms with Crippen LogP contribution in [0.3, 0.4) is 0 Å². The molecule has 0 bridgehead atoms. The third-order valence-corrected chi connectivity index (χ3v) is 6.37. The van der Waals surface area contributed by atoms with E-state index in [0.29, 0.717) is 18.0 Å². The molecule has 2 aromatic heterocycles. The van der Waals surface area contributed by atoms with E-state index < -0.39 is 0 Å². The molecule has 5 rings (SSSR count). The lowest BCUT2D eigenvalue weighted by Crippen LogP contribution is -2.40. The number of nitrogens with zero attached hydrogens (tertiary/aromatic N) is 3. The molecule has 0 radical (unpaired) electrons. The molecule has 7 nitrogen and oxygen atoms in total. The molecule has 7 heteroatoms. The Balaban J connectivity index is 1.21. The Bertz CT molecular complexity index is 866. The smallest absolute Gasteiger partial charge is 0.223 e. The molecule has 0 unspecified atom stereocenters. The number of hydrogen-bond acceptors (Lipinski definition) is 5. The van der Waals surface area contributed by atoms with Crippen molar-refractivity contribution in [3.05, 3.63) is 24.5 Å². The number of aromatic nitrogens is 3. The largest absolute Gasteiger partial charge is 0.370 e. The summed E-state index contributed by atoms with van der Waals surface area (Å²) >= 11 is 0. The van der Waals surface area contributed by atoms with Crippen LogP contribution in [0.2, 0.25) is 0 Å². The van der Waals surface area contributed by atoms with Gasteiger partial charge in [-0.2, -0.15) is 5.10 Å². The summed E-state index contributed by atoms with van der Waals surface area (Å²) in [4.78, 5) is 16.5. The molecule has 0 spiro atoms. The van der Waals surface area contributed by atoms with E-state index in [1.54, 1.807) is 0 Å². The zero-order valence-corrected chi connectivity index (χ0v) is 16.9. The lowest BCUT2D eigenvalue weighted by atomic mass is 9.91. The van der Waals surface area contributed by atoms with Crippen LogP contribution in [0.5, 0.6) is 0 Å². The number of rotatable bonds is 5. The van der Waals surface area contributed by atoms with Crippen LogP contribution < -0.4 is 16.0 Å². The second kappa shape index (κ2) is 8.05. The van der Waals surface area contributed by atoms with Crippen molar-refractivity contribution in [1.82, 2.24) is 20.1 Å². The third-order valence-electron chi connectivity index (χ3n) is 6.37. The summed E-state index contributed by atoms with van der Waals surface area (Å²) in [5.74, 6) is 2.60. The van der Waals surface area contributed by atoms with Crippen molar-refractivity contribution in [3.8, 4) is 11.1 Å². The number of hydrogen-bond donors (Lipinski definition) is 3. The van der Waals surface area contributed by atoms with Crippen molar-refractivity contribution in [2.75, 3.05) is 17.2 Å². The lowest BCUT2D eigenvalue weighted by Gasteiger charge is -2.30. The second-order valence-corrected chi connectivity index (χ2v) is 8.67. The summed E-state index contributed by atoms with van der Waals surface area (Å²) in [7, 11) is 0. The molecule has 2 saturated carbocycles. The highest BCUT2D eigenvalue weighted by Gasteiger charge is 2.32. The Morgan fingerprint density at radius 2 is 1.93 bits per heavy atom. The Labute approximate surface area is 171 Å². The standard InChI is InChI=1S/C22H30N6O/c29-22(15-3-4-15)27-18-7-5-17(6-8-18)26-20-13-16(9-11-23-20)19-14-25-28-12-2-1-10-24-21(19)28/h9,11,13-15,17-18,24H,1-8,10,12H2,(H,23,26)(H,27,29). The highest BCUT2D eigenvalue weighted by molar-refractivity contribution is 5.81. The van der Waals surface area contributed by atoms with Gasteiger partial charge in [0.05, 0.1) is 6.20 Å². The first kappa shape index (κ1) is 18.5. The zero-order chi connectivity index (χ0) is 19.6. The molecule has 1 aliphatic heterocycles. The minimum Gasteiger partial charge on any atom is -0.370 e. The van der Waals surface area contributed by atoms with E-state index in [2.05, 4.69) is 42.8 Å². The molecule has 29 heavy (non-hydrogen) atoms. The predicted molar refractivity (Wildman–Crippen MR) is 114 cm³/mol. The normalized spacial score (nSPS) is 24.1. The molecule has 3 aliphatic rings. The molecule has 0 saturated heterocycles. The van der Waals surface area contributed by atoms with Crippen molar-refractivity contribution < 1.29 is 4.79 Å². The van der Waals surface area contributed by atoms with E-state index in [0.717, 1.165) is 80.8 Å². The fourth-order valence-corrected chi connectivity index (χ4v) is 4.48. The van der Waals surface area contributed by atoms with Gasteiger partial charge in [0, 0.05) is 42.9 Å². The first-order valence-corrected chi connectivity index (χ1v) is 11.1. The van der Waals surface area contributed by atoms with Crippen LogP contribution >= 0.6 is 0 Å². The molecule has 1 amide bonds. The Kier molecular flexibility index (Phi) is 5.12. The highest BCUT2D eigenvalue weighted by atomic mass is 16.2. The molecular formula is C22H30N6O. The zero-order valence-electron chi connectivity index (χ0n) is 16.9. The van der Waals surface area contributed by atoms with E-state index >= 15 is 0 Å². The van der Waals surface area contributed by atoms with Gasteiger partial charge >= 0.3 is 0 Å². The molecule has 0 aromatic carbocycles. The van der Waals surface area contributed by atoms with Crippen molar-refractivity contribution in [2.45, 2.75) is 70.0 Å². The molecule has 2 aromatic rings. The summed E-state index contributed by atoms with van der Waals surface area (Å²) < 4.78 is 2.08. The number of fused-ring (bicyclic) bond motifs is 1. The van der Waals surface area contributed by atoms with Crippen LogP contribution in [0.1, 0.15) is 51.4 Å². The van der Waals surface area contributed by atoms with Gasteiger partial charge in [0.2, 0.25) is 5.91 Å². The van der Waals surface area contributed by atoms with Crippen molar-refractivity contribution in [1.29, 1.82) is 0 Å². The summed E-state index contributed by atoms with van der Waals surface area (Å²) in [6, 6.07) is 4.94. The Morgan fingerprint density at radius 3 is 2.76 bits per heavy atom. The Morgan fingerprint density at radius 1 is 1.10 bits per heavy atom. The molecule has 3 heterocycles. The fraction of sp³-hybridized carbons (Fsp3) is 0.591. The number of anilines is 2. The number of carbonyl (C=O) groups is 1. The average Bonchev–Trinajstić information content (AvgIpc) is 3.55. The summed E-state index contributed by atoms with van der Waals surface area (Å²) in [5.41, 5.74) is 2.28. The minimum atomic E-state index is 0.268. The molecule has 2 aliphatic carbocycles. The second-order valence-electron chi connectivity index (χ2n) is 8.67. The quantitative estimate of drug-likeness (QED) is 0.724. The molecule has 154 valence electrons. The minimum absolute atomic E-state index is 0.268. The molecule has 2 fully saturated rings. The van der Waals surface area contributed by atoms with Crippen LogP contribution in [0.4, 0.5) is 11.6 Å². The van der Waals surface area contributed by atoms with E-state index in [4.69, 9.17) is 0 Å². The van der Waals surface area contributed by atoms with E-state index in [1.165, 1.54) is 6.42 Å². The SMILES string of the molecule is O=C(NC1CCC(Nc2cc(-c3cnn4c3NCCCC4)ccn2)CC1)C1CC1. The van der Waals surface area contributed by atoms with Gasteiger partial charge in [-0.15, -0.1) is 0 Å². The first-order chi connectivity index (χ1) is 14.3. The first-order valence-electron chi connectivity index (χ1n) is 11.1. The van der Waals surface area contributed by atoms with Gasteiger partial charge in [-0.1, -0.05) is 0 Å². The van der Waals surface area contributed by atoms with E-state index in [9.17, 15) is 4.79 Å². The van der Waals surface area contributed by atoms with Crippen molar-refractivity contribution in [2.24, 2.45) is 5.92 Å². The third kappa shape index (κ3) is 4.23. The monoisotopic (exact) mass is 394 g/mol. The van der Waals surface area contributed by atoms with Gasteiger partial charge in [0.25, 0.3) is 0 Å². The lowest BCUT2D eigenvalue weighted by molar-refractivity contribution is -0.123. The van der Waals surface area contributed by atoms with Gasteiger partial charge in [0.15, 0.2) is 0 Å². The number of pyridine rings is 1. The summed E-state index contributed by atoms with van der Waals surface area (Å²) in [5, 5.41) is 14.9. The average molecular weight is 395 g/mol. The van der Waals surface area contributed by atoms with Crippen molar-refractivity contribution >= 4 is 17.5 Å². The van der Waals surface area contributed by atoms with Gasteiger partial charge in [-0.05, 0) is 69.1 Å². The fourth-order valence-electron chi connectivity index (χ4n) is 4.48. The molecule has 3 N–H and O–H groups in total. The topological polar surface area (TPSA) is 83.9 Å². The number of nitrogens with one attached hydrogen (secondary N) is 3. The van der Waals surface area contributed by atoms with Crippen LogP contribution in [0.25, 0.3) is 11.1 Å². The molecular weight excluding hydrogens is 364 g/mol. The number of carbonyl (C=O) groups excluding carboxylic acids is 1. The summed E-state index contributed by atoms with van der Waals surface area (Å²) in [6.07, 6.45) is 12.5. The van der Waals surface area contributed by atoms with Crippen LogP contribution in [-0.2, 0) is 11.3 Å². The highest BCUT2D eigenvalue weighted by Crippen LogP contribution is 2.32. The maximum absolute atomic E-state index is 12.0. The maximum atomic E-state index is 12.0. The van der Waals surface area contributed by atoms with E-state index in [1.807, 2.05) is 12.4 Å². The van der Waals surface area contributed by atoms with Crippen LogP contribution in [-0.4, -0.2) is 39.3 Å². The van der Waals surface area contributed by atoms with Gasteiger partial charge in [-0.25, -0.2) is 9.67 Å². The van der Waals surface area contributed by atoms with E-state index in [-0.39, 0.29) is 5.91 Å².